The minimum Gasteiger partial charge on any atom is -0.382 e. The molecule has 1 aliphatic heterocycles. The van der Waals surface area contributed by atoms with Gasteiger partial charge in [-0.3, -0.25) is 4.79 Å². The summed E-state index contributed by atoms with van der Waals surface area (Å²) in [5.41, 5.74) is 2.93. The molecular weight excluding hydrogens is 236 g/mol. The molecule has 1 aromatic rings. The maximum absolute atomic E-state index is 12.7. The highest BCUT2D eigenvalue weighted by atomic mass is 16.2. The van der Waals surface area contributed by atoms with Crippen molar-refractivity contribution in [2.45, 2.75) is 39.5 Å². The predicted molar refractivity (Wildman–Crippen MR) is 78.4 cm³/mol. The van der Waals surface area contributed by atoms with Crippen LogP contribution in [0.25, 0.3) is 0 Å². The summed E-state index contributed by atoms with van der Waals surface area (Å²) in [6.07, 6.45) is 4.31. The third kappa shape index (κ3) is 2.11. The quantitative estimate of drug-likeness (QED) is 0.747. The molecule has 3 heteroatoms. The minimum absolute atomic E-state index is 0.208. The van der Waals surface area contributed by atoms with Crippen LogP contribution in [0.15, 0.2) is 18.2 Å². The summed E-state index contributed by atoms with van der Waals surface area (Å²) in [6, 6.07) is 6.13. The third-order valence-electron chi connectivity index (χ3n) is 4.84. The monoisotopic (exact) mass is 258 g/mol. The summed E-state index contributed by atoms with van der Waals surface area (Å²) >= 11 is 0. The van der Waals surface area contributed by atoms with Crippen molar-refractivity contribution in [1.29, 1.82) is 0 Å². The molecule has 3 rings (SSSR count). The molecule has 1 aliphatic carbocycles. The zero-order valence-electron chi connectivity index (χ0n) is 11.8. The Labute approximate surface area is 114 Å². The Morgan fingerprint density at radius 2 is 2.00 bits per heavy atom. The lowest BCUT2D eigenvalue weighted by Crippen LogP contribution is -2.42. The number of rotatable bonds is 0. The fourth-order valence-electron chi connectivity index (χ4n) is 3.29. The molecule has 1 amide bonds. The van der Waals surface area contributed by atoms with Crippen LogP contribution in [0.3, 0.4) is 0 Å². The maximum Gasteiger partial charge on any atom is 0.232 e. The highest BCUT2D eigenvalue weighted by molar-refractivity contribution is 6.00. The van der Waals surface area contributed by atoms with E-state index < -0.39 is 0 Å². The van der Waals surface area contributed by atoms with Crippen molar-refractivity contribution in [3.63, 3.8) is 0 Å². The first kappa shape index (κ1) is 12.5. The molecule has 1 spiro atoms. The molecule has 0 bridgehead atoms. The van der Waals surface area contributed by atoms with Gasteiger partial charge in [0, 0.05) is 6.54 Å². The Morgan fingerprint density at radius 3 is 2.74 bits per heavy atom. The molecule has 0 aromatic heterocycles. The third-order valence-corrected chi connectivity index (χ3v) is 4.84. The minimum atomic E-state index is -0.210. The zero-order chi connectivity index (χ0) is 13.5. The van der Waals surface area contributed by atoms with Crippen molar-refractivity contribution in [3.05, 3.63) is 23.8 Å². The standard InChI is InChI=1S/C16H22N2O/c1-11-6-8-16(9-7-11)10-17-13-5-3-4-12(2)14(13)18-15(16)19/h3-5,11,17H,6-10H2,1-2H3,(H,18,19). The topological polar surface area (TPSA) is 41.1 Å². The van der Waals surface area contributed by atoms with Gasteiger partial charge in [-0.25, -0.2) is 0 Å². The average molecular weight is 258 g/mol. The van der Waals surface area contributed by atoms with Gasteiger partial charge < -0.3 is 10.6 Å². The van der Waals surface area contributed by atoms with Crippen LogP contribution >= 0.6 is 0 Å². The molecule has 2 N–H and O–H groups in total. The fourth-order valence-corrected chi connectivity index (χ4v) is 3.29. The molecule has 102 valence electrons. The van der Waals surface area contributed by atoms with E-state index in [4.69, 9.17) is 0 Å². The molecule has 0 atom stereocenters. The van der Waals surface area contributed by atoms with Crippen LogP contribution in [0.2, 0.25) is 0 Å². The lowest BCUT2D eigenvalue weighted by atomic mass is 9.70. The number of fused-ring (bicyclic) bond motifs is 1. The van der Waals surface area contributed by atoms with E-state index in [2.05, 4.69) is 17.6 Å². The molecule has 1 saturated carbocycles. The van der Waals surface area contributed by atoms with E-state index in [9.17, 15) is 4.79 Å². The molecule has 2 aliphatic rings. The summed E-state index contributed by atoms with van der Waals surface area (Å²) in [4.78, 5) is 12.7. The first-order valence-corrected chi connectivity index (χ1v) is 7.26. The number of carbonyl (C=O) groups is 1. The van der Waals surface area contributed by atoms with Gasteiger partial charge in [0.25, 0.3) is 0 Å². The number of carbonyl (C=O) groups excluding carboxylic acids is 1. The van der Waals surface area contributed by atoms with Crippen molar-refractivity contribution in [3.8, 4) is 0 Å². The molecule has 1 fully saturated rings. The van der Waals surface area contributed by atoms with Gasteiger partial charge in [0.1, 0.15) is 0 Å². The van der Waals surface area contributed by atoms with Crippen LogP contribution in [0.4, 0.5) is 11.4 Å². The number of benzene rings is 1. The van der Waals surface area contributed by atoms with Gasteiger partial charge in [-0.1, -0.05) is 19.1 Å². The molecule has 1 heterocycles. The Balaban J connectivity index is 1.90. The van der Waals surface area contributed by atoms with E-state index in [0.717, 1.165) is 55.1 Å². The van der Waals surface area contributed by atoms with Gasteiger partial charge in [0.05, 0.1) is 16.8 Å². The smallest absolute Gasteiger partial charge is 0.232 e. The Morgan fingerprint density at radius 1 is 1.26 bits per heavy atom. The van der Waals surface area contributed by atoms with Crippen molar-refractivity contribution in [2.24, 2.45) is 11.3 Å². The van der Waals surface area contributed by atoms with Gasteiger partial charge in [0.2, 0.25) is 5.91 Å². The highest BCUT2D eigenvalue weighted by Crippen LogP contribution is 2.42. The van der Waals surface area contributed by atoms with Crippen molar-refractivity contribution >= 4 is 17.3 Å². The summed E-state index contributed by atoms with van der Waals surface area (Å²) in [5, 5.41) is 6.65. The highest BCUT2D eigenvalue weighted by Gasteiger charge is 2.42. The average Bonchev–Trinajstić information content (AvgIpc) is 2.54. The molecule has 0 saturated heterocycles. The summed E-state index contributed by atoms with van der Waals surface area (Å²) in [7, 11) is 0. The molecule has 1 aromatic carbocycles. The van der Waals surface area contributed by atoms with Gasteiger partial charge >= 0.3 is 0 Å². The van der Waals surface area contributed by atoms with Gasteiger partial charge in [0.15, 0.2) is 0 Å². The van der Waals surface area contributed by atoms with Crippen LogP contribution in [0.1, 0.15) is 38.2 Å². The molecule has 3 nitrogen and oxygen atoms in total. The number of hydrogen-bond acceptors (Lipinski definition) is 2. The van der Waals surface area contributed by atoms with E-state index in [-0.39, 0.29) is 11.3 Å². The van der Waals surface area contributed by atoms with Gasteiger partial charge in [-0.2, -0.15) is 0 Å². The second kappa shape index (κ2) is 4.55. The summed E-state index contributed by atoms with van der Waals surface area (Å²) < 4.78 is 0. The van der Waals surface area contributed by atoms with Crippen molar-refractivity contribution in [2.75, 3.05) is 17.2 Å². The van der Waals surface area contributed by atoms with Crippen LogP contribution in [0, 0.1) is 18.3 Å². The molecule has 0 unspecified atom stereocenters. The number of amides is 1. The largest absolute Gasteiger partial charge is 0.382 e. The van der Waals surface area contributed by atoms with Crippen LogP contribution in [-0.4, -0.2) is 12.5 Å². The van der Waals surface area contributed by atoms with Crippen molar-refractivity contribution in [1.82, 2.24) is 0 Å². The van der Waals surface area contributed by atoms with Gasteiger partial charge in [-0.15, -0.1) is 0 Å². The number of para-hydroxylation sites is 1. The first-order valence-electron chi connectivity index (χ1n) is 7.26. The van der Waals surface area contributed by atoms with E-state index in [1.807, 2.05) is 25.1 Å². The first-order chi connectivity index (χ1) is 9.11. The van der Waals surface area contributed by atoms with E-state index in [1.165, 1.54) is 0 Å². The lowest BCUT2D eigenvalue weighted by molar-refractivity contribution is -0.126. The summed E-state index contributed by atoms with van der Waals surface area (Å²) in [5.74, 6) is 0.964. The second-order valence-corrected chi connectivity index (χ2v) is 6.27. The Kier molecular flexibility index (Phi) is 3.00. The normalized spacial score (nSPS) is 30.2. The van der Waals surface area contributed by atoms with Crippen LogP contribution in [-0.2, 0) is 4.79 Å². The van der Waals surface area contributed by atoms with E-state index in [0.29, 0.717) is 0 Å². The zero-order valence-corrected chi connectivity index (χ0v) is 11.8. The summed E-state index contributed by atoms with van der Waals surface area (Å²) in [6.45, 7) is 5.09. The van der Waals surface area contributed by atoms with Crippen molar-refractivity contribution < 1.29 is 4.79 Å². The number of aryl methyl sites for hydroxylation is 1. The second-order valence-electron chi connectivity index (χ2n) is 6.27. The fraction of sp³-hybridized carbons (Fsp3) is 0.562. The molecule has 0 radical (unpaired) electrons. The Hall–Kier alpha value is -1.51. The molecule has 19 heavy (non-hydrogen) atoms. The number of hydrogen-bond donors (Lipinski definition) is 2. The van der Waals surface area contributed by atoms with Crippen LogP contribution in [0.5, 0.6) is 0 Å². The van der Waals surface area contributed by atoms with E-state index in [1.54, 1.807) is 0 Å². The van der Waals surface area contributed by atoms with E-state index >= 15 is 0 Å². The SMILES string of the molecule is Cc1cccc2c1NC(=O)C1(CCC(C)CC1)CN2. The molecular formula is C16H22N2O. The number of nitrogens with one attached hydrogen (secondary N) is 2. The van der Waals surface area contributed by atoms with Gasteiger partial charge in [-0.05, 0) is 50.2 Å². The predicted octanol–water partition coefficient (Wildman–Crippen LogP) is 3.56. The Bertz CT molecular complexity index is 501. The number of anilines is 2. The lowest BCUT2D eigenvalue weighted by Gasteiger charge is -2.36. The van der Waals surface area contributed by atoms with Crippen LogP contribution < -0.4 is 10.6 Å². The maximum atomic E-state index is 12.7.